The van der Waals surface area contributed by atoms with Gasteiger partial charge in [-0.1, -0.05) is 26.0 Å². The zero-order chi connectivity index (χ0) is 9.40. The Morgan fingerprint density at radius 3 is 2.67 bits per heavy atom. The van der Waals surface area contributed by atoms with Gasteiger partial charge in [0.1, 0.15) is 6.61 Å². The van der Waals surface area contributed by atoms with Gasteiger partial charge in [0.15, 0.2) is 5.78 Å². The molecule has 0 aliphatic heterocycles. The number of allylic oxidation sites excluding steroid dienone is 1. The van der Waals surface area contributed by atoms with Crippen molar-refractivity contribution in [3.8, 4) is 0 Å². The molecule has 0 saturated heterocycles. The molecule has 0 amide bonds. The first-order chi connectivity index (χ1) is 5.68. The van der Waals surface area contributed by atoms with E-state index in [-0.39, 0.29) is 18.3 Å². The summed E-state index contributed by atoms with van der Waals surface area (Å²) in [6, 6.07) is 0. The van der Waals surface area contributed by atoms with E-state index < -0.39 is 0 Å². The van der Waals surface area contributed by atoms with E-state index in [1.54, 1.807) is 12.2 Å². The Labute approximate surface area is 78.5 Å². The summed E-state index contributed by atoms with van der Waals surface area (Å²) in [6.07, 6.45) is 3.60. The SMILES string of the molecule is CC(C)C(=O)COC/C=C/CCl. The first kappa shape index (κ1) is 11.7. The van der Waals surface area contributed by atoms with Crippen LogP contribution in [0, 0.1) is 5.92 Å². The molecule has 0 saturated carbocycles. The molecular formula is C9H15ClO2. The van der Waals surface area contributed by atoms with Gasteiger partial charge in [-0.05, 0) is 0 Å². The van der Waals surface area contributed by atoms with Gasteiger partial charge in [0.2, 0.25) is 0 Å². The van der Waals surface area contributed by atoms with Crippen LogP contribution in [0.1, 0.15) is 13.8 Å². The van der Waals surface area contributed by atoms with Gasteiger partial charge in [0.25, 0.3) is 0 Å². The Kier molecular flexibility index (Phi) is 7.11. The topological polar surface area (TPSA) is 26.3 Å². The van der Waals surface area contributed by atoms with Crippen molar-refractivity contribution in [2.24, 2.45) is 5.92 Å². The minimum atomic E-state index is 0.0574. The van der Waals surface area contributed by atoms with Crippen LogP contribution in [0.5, 0.6) is 0 Å². The van der Waals surface area contributed by atoms with E-state index in [1.165, 1.54) is 0 Å². The highest BCUT2D eigenvalue weighted by Gasteiger charge is 2.05. The predicted molar refractivity (Wildman–Crippen MR) is 50.5 cm³/mol. The van der Waals surface area contributed by atoms with Gasteiger partial charge in [-0.25, -0.2) is 0 Å². The molecule has 0 aromatic rings. The fraction of sp³-hybridized carbons (Fsp3) is 0.667. The van der Waals surface area contributed by atoms with Crippen LogP contribution >= 0.6 is 11.6 Å². The Balaban J connectivity index is 3.31. The maximum Gasteiger partial charge on any atom is 0.160 e. The second-order valence-corrected chi connectivity index (χ2v) is 3.07. The summed E-state index contributed by atoms with van der Waals surface area (Å²) >= 11 is 5.38. The van der Waals surface area contributed by atoms with E-state index >= 15 is 0 Å². The van der Waals surface area contributed by atoms with Crippen molar-refractivity contribution in [3.63, 3.8) is 0 Å². The summed E-state index contributed by atoms with van der Waals surface area (Å²) in [5.41, 5.74) is 0. The third kappa shape index (κ3) is 6.38. The Bertz CT molecular complexity index is 153. The number of carbonyl (C=O) groups is 1. The summed E-state index contributed by atoms with van der Waals surface area (Å²) in [5.74, 6) is 0.679. The van der Waals surface area contributed by atoms with Crippen molar-refractivity contribution in [3.05, 3.63) is 12.2 Å². The molecule has 0 rings (SSSR count). The largest absolute Gasteiger partial charge is 0.370 e. The second-order valence-electron chi connectivity index (χ2n) is 2.76. The molecule has 0 radical (unpaired) electrons. The molecule has 3 heteroatoms. The predicted octanol–water partition coefficient (Wildman–Crippen LogP) is 2.02. The van der Waals surface area contributed by atoms with Crippen molar-refractivity contribution in [1.29, 1.82) is 0 Å². The molecule has 0 aromatic heterocycles. The van der Waals surface area contributed by atoms with Crippen molar-refractivity contribution in [2.45, 2.75) is 13.8 Å². The molecular weight excluding hydrogens is 176 g/mol. The number of ketones is 1. The first-order valence-electron chi connectivity index (χ1n) is 4.00. The Hall–Kier alpha value is -0.340. The van der Waals surface area contributed by atoms with Crippen LogP contribution in [0.3, 0.4) is 0 Å². The quantitative estimate of drug-likeness (QED) is 0.364. The zero-order valence-electron chi connectivity index (χ0n) is 7.55. The molecule has 2 nitrogen and oxygen atoms in total. The number of halogens is 1. The van der Waals surface area contributed by atoms with Crippen LogP contribution in [-0.4, -0.2) is 24.9 Å². The lowest BCUT2D eigenvalue weighted by Crippen LogP contribution is -2.14. The number of ether oxygens (including phenoxy) is 1. The van der Waals surface area contributed by atoms with E-state index in [0.717, 1.165) is 0 Å². The number of hydrogen-bond acceptors (Lipinski definition) is 2. The average Bonchev–Trinajstić information content (AvgIpc) is 2.03. The highest BCUT2D eigenvalue weighted by atomic mass is 35.5. The number of rotatable bonds is 6. The zero-order valence-corrected chi connectivity index (χ0v) is 8.30. The lowest BCUT2D eigenvalue weighted by Gasteiger charge is -2.02. The van der Waals surface area contributed by atoms with Gasteiger partial charge in [-0.2, -0.15) is 0 Å². The minimum absolute atomic E-state index is 0.0574. The number of Topliss-reactive ketones (excluding diaryl/α,β-unsaturated/α-hetero) is 1. The van der Waals surface area contributed by atoms with E-state index in [2.05, 4.69) is 0 Å². The normalized spacial score (nSPS) is 11.3. The summed E-state index contributed by atoms with van der Waals surface area (Å²) in [5, 5.41) is 0. The van der Waals surface area contributed by atoms with E-state index in [0.29, 0.717) is 12.5 Å². The molecule has 0 bridgehead atoms. The molecule has 0 heterocycles. The van der Waals surface area contributed by atoms with Crippen molar-refractivity contribution < 1.29 is 9.53 Å². The standard InChI is InChI=1S/C9H15ClO2/c1-8(2)9(11)7-12-6-4-3-5-10/h3-4,8H,5-7H2,1-2H3/b4-3+. The van der Waals surface area contributed by atoms with Gasteiger partial charge in [-0.15, -0.1) is 11.6 Å². The Morgan fingerprint density at radius 2 is 2.17 bits per heavy atom. The van der Waals surface area contributed by atoms with Crippen LogP contribution in [-0.2, 0) is 9.53 Å². The van der Waals surface area contributed by atoms with Gasteiger partial charge in [0, 0.05) is 11.8 Å². The molecule has 0 aliphatic carbocycles. The molecule has 70 valence electrons. The van der Waals surface area contributed by atoms with Crippen molar-refractivity contribution >= 4 is 17.4 Å². The first-order valence-corrected chi connectivity index (χ1v) is 4.53. The van der Waals surface area contributed by atoms with Gasteiger partial charge in [0.05, 0.1) is 6.61 Å². The molecule has 0 aromatic carbocycles. The third-order valence-electron chi connectivity index (χ3n) is 1.36. The van der Waals surface area contributed by atoms with Gasteiger partial charge in [-0.3, -0.25) is 4.79 Å². The molecule has 0 unspecified atom stereocenters. The van der Waals surface area contributed by atoms with E-state index in [4.69, 9.17) is 16.3 Å². The Morgan fingerprint density at radius 1 is 1.50 bits per heavy atom. The molecule has 0 N–H and O–H groups in total. The van der Waals surface area contributed by atoms with Crippen LogP contribution in [0.15, 0.2) is 12.2 Å². The molecule has 0 aliphatic rings. The van der Waals surface area contributed by atoms with Crippen LogP contribution < -0.4 is 0 Å². The minimum Gasteiger partial charge on any atom is -0.370 e. The summed E-state index contributed by atoms with van der Waals surface area (Å²) in [6.45, 7) is 4.38. The fourth-order valence-electron chi connectivity index (χ4n) is 0.525. The monoisotopic (exact) mass is 190 g/mol. The highest BCUT2D eigenvalue weighted by Crippen LogP contribution is 1.94. The average molecular weight is 191 g/mol. The van der Waals surface area contributed by atoms with E-state index in [1.807, 2.05) is 13.8 Å². The molecule has 0 atom stereocenters. The second kappa shape index (κ2) is 7.32. The fourth-order valence-corrected chi connectivity index (χ4v) is 0.651. The van der Waals surface area contributed by atoms with Crippen LogP contribution in [0.2, 0.25) is 0 Å². The molecule has 0 spiro atoms. The number of alkyl halides is 1. The maximum atomic E-state index is 11.0. The smallest absolute Gasteiger partial charge is 0.160 e. The summed E-state index contributed by atoms with van der Waals surface area (Å²) in [4.78, 5) is 11.0. The van der Waals surface area contributed by atoms with Gasteiger partial charge >= 0.3 is 0 Å². The molecule has 0 fully saturated rings. The van der Waals surface area contributed by atoms with Crippen LogP contribution in [0.4, 0.5) is 0 Å². The van der Waals surface area contributed by atoms with E-state index in [9.17, 15) is 4.79 Å². The van der Waals surface area contributed by atoms with Crippen molar-refractivity contribution in [1.82, 2.24) is 0 Å². The number of carbonyl (C=O) groups excluding carboxylic acids is 1. The highest BCUT2D eigenvalue weighted by molar-refractivity contribution is 6.18. The summed E-state index contributed by atoms with van der Waals surface area (Å²) in [7, 11) is 0. The third-order valence-corrected chi connectivity index (χ3v) is 1.54. The molecule has 12 heavy (non-hydrogen) atoms. The van der Waals surface area contributed by atoms with Gasteiger partial charge < -0.3 is 4.74 Å². The van der Waals surface area contributed by atoms with Crippen LogP contribution in [0.25, 0.3) is 0 Å². The summed E-state index contributed by atoms with van der Waals surface area (Å²) < 4.78 is 5.06. The lowest BCUT2D eigenvalue weighted by molar-refractivity contribution is -0.126. The maximum absolute atomic E-state index is 11.0. The number of hydrogen-bond donors (Lipinski definition) is 0. The lowest BCUT2D eigenvalue weighted by atomic mass is 10.1. The van der Waals surface area contributed by atoms with Crippen molar-refractivity contribution in [2.75, 3.05) is 19.1 Å².